The lowest BCUT2D eigenvalue weighted by Gasteiger charge is -2.38. The molecule has 0 bridgehead atoms. The Labute approximate surface area is 581 Å². The van der Waals surface area contributed by atoms with Gasteiger partial charge in [-0.2, -0.15) is 0 Å². The highest BCUT2D eigenvalue weighted by Crippen LogP contribution is 2.66. The predicted molar refractivity (Wildman–Crippen MR) is 421 cm³/mol. The van der Waals surface area contributed by atoms with Crippen LogP contribution in [0.1, 0.15) is 22.3 Å². The maximum absolute atomic E-state index is 7.11. The van der Waals surface area contributed by atoms with Crippen LogP contribution in [0.25, 0.3) is 154 Å². The Balaban J connectivity index is 0.948. The summed E-state index contributed by atoms with van der Waals surface area (Å²) in [6, 6.07) is 120. The Morgan fingerprint density at radius 2 is 0.490 bits per heavy atom. The van der Waals surface area contributed by atoms with Gasteiger partial charge in [-0.3, -0.25) is 0 Å². The molecule has 19 rings (SSSR count). The van der Waals surface area contributed by atoms with Crippen LogP contribution in [0.5, 0.6) is 0 Å². The molecule has 472 valence electrons. The van der Waals surface area contributed by atoms with Gasteiger partial charge in [-0.25, -0.2) is 0 Å². The third-order valence-corrected chi connectivity index (χ3v) is 20.9. The second kappa shape index (κ2) is 23.5. The molecule has 0 saturated heterocycles. The van der Waals surface area contributed by atoms with Crippen molar-refractivity contribution in [2.24, 2.45) is 0 Å². The number of benzene rings is 16. The zero-order valence-corrected chi connectivity index (χ0v) is 55.9. The zero-order chi connectivity index (χ0) is 66.7. The number of nitrogens with zero attached hydrogens (tertiary/aromatic N) is 2. The van der Waals surface area contributed by atoms with Crippen LogP contribution in [-0.4, -0.2) is 0 Å². The van der Waals surface area contributed by atoms with E-state index in [1.54, 1.807) is 0 Å². The SMILES string of the molecule is Cc1ccc(-c2ccccc2)cc1N(c1ccc2c(-c3ccccc3)c3c(c(-c4ccccc4)c2c1)-c1c-3c(-c2ccccc2)c2ccc(N(c3cc(-c4ccccc4)ccc3C)c3c(C)ccc4c3oc3ccccc34)cc2c1-c1ccccc1)c1c(C)ccc2c1oc1ccccc12. The van der Waals surface area contributed by atoms with Crippen molar-refractivity contribution < 1.29 is 8.83 Å². The average Bonchev–Trinajstić information content (AvgIpc) is 0.803. The first kappa shape index (κ1) is 58.6. The lowest BCUT2D eigenvalue weighted by atomic mass is 9.65. The summed E-state index contributed by atoms with van der Waals surface area (Å²) in [4.78, 5) is 4.97. The maximum atomic E-state index is 7.11. The molecule has 0 amide bonds. The molecule has 4 heteroatoms. The van der Waals surface area contributed by atoms with Gasteiger partial charge in [0.05, 0.1) is 11.4 Å². The van der Waals surface area contributed by atoms with E-state index in [0.29, 0.717) is 0 Å². The van der Waals surface area contributed by atoms with E-state index in [-0.39, 0.29) is 0 Å². The molecule has 1 aliphatic carbocycles. The van der Waals surface area contributed by atoms with Gasteiger partial charge >= 0.3 is 0 Å². The number of hydrogen-bond acceptors (Lipinski definition) is 4. The van der Waals surface area contributed by atoms with E-state index in [1.165, 1.54) is 55.3 Å². The molecule has 4 nitrogen and oxygen atoms in total. The Hall–Kier alpha value is -12.8. The van der Waals surface area contributed by atoms with Crippen molar-refractivity contribution in [1.29, 1.82) is 0 Å². The normalized spacial score (nSPS) is 11.8. The highest BCUT2D eigenvalue weighted by atomic mass is 16.3. The van der Waals surface area contributed by atoms with Crippen LogP contribution < -0.4 is 9.80 Å². The molecule has 18 aromatic rings. The molecule has 0 unspecified atom stereocenters. The fraction of sp³-hybridized carbons (Fsp3) is 0.0417. The lowest BCUT2D eigenvalue weighted by molar-refractivity contribution is 0.668. The molecule has 0 N–H and O–H groups in total. The van der Waals surface area contributed by atoms with Gasteiger partial charge in [-0.05, 0) is 209 Å². The van der Waals surface area contributed by atoms with Gasteiger partial charge in [0, 0.05) is 44.3 Å². The number of rotatable bonds is 12. The Morgan fingerprint density at radius 3 is 0.840 bits per heavy atom. The molecule has 1 aliphatic rings. The summed E-state index contributed by atoms with van der Waals surface area (Å²) in [5.74, 6) is 0. The van der Waals surface area contributed by atoms with Crippen molar-refractivity contribution in [2.45, 2.75) is 27.7 Å². The summed E-state index contributed by atoms with van der Waals surface area (Å²) in [5, 5.41) is 8.96. The fourth-order valence-electron chi connectivity index (χ4n) is 16.2. The third-order valence-electron chi connectivity index (χ3n) is 20.9. The van der Waals surface area contributed by atoms with Gasteiger partial charge in [0.25, 0.3) is 0 Å². The number of para-hydroxylation sites is 2. The Morgan fingerprint density at radius 1 is 0.200 bits per heavy atom. The molecule has 0 saturated carbocycles. The van der Waals surface area contributed by atoms with Gasteiger partial charge in [-0.15, -0.1) is 0 Å². The molecule has 16 aromatic carbocycles. The summed E-state index contributed by atoms with van der Waals surface area (Å²) in [6.07, 6.45) is 0. The molecule has 2 heterocycles. The average molecular weight is 1280 g/mol. The number of hydrogen-bond donors (Lipinski definition) is 0. The topological polar surface area (TPSA) is 32.8 Å². The first-order valence-corrected chi connectivity index (χ1v) is 34.6. The van der Waals surface area contributed by atoms with Crippen molar-refractivity contribution in [2.75, 3.05) is 9.80 Å². The van der Waals surface area contributed by atoms with Gasteiger partial charge in [0.15, 0.2) is 11.2 Å². The van der Waals surface area contributed by atoms with E-state index < -0.39 is 0 Å². The van der Waals surface area contributed by atoms with Crippen molar-refractivity contribution in [3.8, 4) is 89.0 Å². The maximum Gasteiger partial charge on any atom is 0.159 e. The molecule has 100 heavy (non-hydrogen) atoms. The van der Waals surface area contributed by atoms with Gasteiger partial charge in [0.2, 0.25) is 0 Å². The fourth-order valence-corrected chi connectivity index (χ4v) is 16.2. The van der Waals surface area contributed by atoms with E-state index in [2.05, 4.69) is 365 Å². The summed E-state index contributed by atoms with van der Waals surface area (Å²) in [5.41, 5.74) is 33.0. The van der Waals surface area contributed by atoms with Crippen LogP contribution in [0.3, 0.4) is 0 Å². The van der Waals surface area contributed by atoms with E-state index in [4.69, 9.17) is 8.83 Å². The molecule has 0 fully saturated rings. The van der Waals surface area contributed by atoms with Gasteiger partial charge in [-0.1, -0.05) is 279 Å². The molecule has 0 spiro atoms. The highest BCUT2D eigenvalue weighted by molar-refractivity contribution is 6.34. The number of aryl methyl sites for hydroxylation is 4. The van der Waals surface area contributed by atoms with Crippen LogP contribution in [0.4, 0.5) is 34.1 Å². The standard InChI is InChI=1S/C96H66N2O2/c1-59-43-47-69(63-27-11-5-12-28-63)55-81(59)97(93-61(3)45-51-77-73-39-23-25-41-83(73)99-95(77)93)71-49-53-75-79(57-71)87(67-35-19-9-20-36-67)91-89(85(75)65-31-15-7-16-32-65)90-86(66-33-17-8-18-34-66)76-54-50-72(58-80(76)88(92(90)91)68-37-21-10-22-38-68)98(82-56-70(48-44-60(82)2)64-29-13-6-14-30-64)94-62(4)46-52-78-74-40-24-26-42-84(74)100-96(78)94/h5-58H,1-4H3. The molecule has 2 aromatic heterocycles. The highest BCUT2D eigenvalue weighted by Gasteiger charge is 2.40. The first-order valence-electron chi connectivity index (χ1n) is 34.6. The zero-order valence-electron chi connectivity index (χ0n) is 55.9. The van der Waals surface area contributed by atoms with Crippen molar-refractivity contribution >= 4 is 99.5 Å². The number of anilines is 6. The molecular weight excluding hydrogens is 1210 g/mol. The van der Waals surface area contributed by atoms with Crippen LogP contribution in [0, 0.1) is 27.7 Å². The first-order chi connectivity index (χ1) is 49.3. The third kappa shape index (κ3) is 9.29. The molecular formula is C96H66N2O2. The van der Waals surface area contributed by atoms with E-state index >= 15 is 0 Å². The Kier molecular flexibility index (Phi) is 13.8. The van der Waals surface area contributed by atoms with Crippen LogP contribution >= 0.6 is 0 Å². The number of furan rings is 2. The largest absolute Gasteiger partial charge is 0.454 e. The van der Waals surface area contributed by atoms with E-state index in [9.17, 15) is 0 Å². The van der Waals surface area contributed by atoms with Crippen LogP contribution in [0.15, 0.2) is 336 Å². The summed E-state index contributed by atoms with van der Waals surface area (Å²) in [7, 11) is 0. The molecule has 0 aliphatic heterocycles. The lowest BCUT2D eigenvalue weighted by Crippen LogP contribution is -2.14. The summed E-state index contributed by atoms with van der Waals surface area (Å²) in [6.45, 7) is 8.93. The van der Waals surface area contributed by atoms with Crippen LogP contribution in [-0.2, 0) is 0 Å². The van der Waals surface area contributed by atoms with Crippen molar-refractivity contribution in [3.63, 3.8) is 0 Å². The minimum atomic E-state index is 0.847. The number of fused-ring (bicyclic) bond motifs is 12. The molecule has 0 atom stereocenters. The summed E-state index contributed by atoms with van der Waals surface area (Å²) < 4.78 is 14.2. The van der Waals surface area contributed by atoms with Crippen molar-refractivity contribution in [1.82, 2.24) is 0 Å². The monoisotopic (exact) mass is 1280 g/mol. The minimum absolute atomic E-state index is 0.847. The van der Waals surface area contributed by atoms with Gasteiger partial charge < -0.3 is 18.6 Å². The quantitative estimate of drug-likeness (QED) is 0.122. The van der Waals surface area contributed by atoms with Crippen molar-refractivity contribution in [3.05, 3.63) is 350 Å². The minimum Gasteiger partial charge on any atom is -0.454 e. The second-order valence-corrected chi connectivity index (χ2v) is 26.7. The van der Waals surface area contributed by atoms with E-state index in [0.717, 1.165) is 156 Å². The second-order valence-electron chi connectivity index (χ2n) is 26.7. The van der Waals surface area contributed by atoms with Gasteiger partial charge in [0.1, 0.15) is 11.2 Å². The summed E-state index contributed by atoms with van der Waals surface area (Å²) >= 11 is 0. The van der Waals surface area contributed by atoms with Crippen LogP contribution in [0.2, 0.25) is 0 Å². The molecule has 0 radical (unpaired) electrons. The van der Waals surface area contributed by atoms with E-state index in [1.807, 2.05) is 0 Å². The Bertz CT molecular complexity index is 5910. The predicted octanol–water partition coefficient (Wildman–Crippen LogP) is 27.6. The smallest absolute Gasteiger partial charge is 0.159 e.